The third-order valence-corrected chi connectivity index (χ3v) is 3.74. The van der Waals surface area contributed by atoms with Crippen molar-refractivity contribution >= 4 is 27.1 Å². The molecule has 0 aliphatic carbocycles. The van der Waals surface area contributed by atoms with E-state index in [0.29, 0.717) is 18.5 Å². The second kappa shape index (κ2) is 6.80. The van der Waals surface area contributed by atoms with Crippen LogP contribution in [-0.4, -0.2) is 27.7 Å². The molecule has 3 aromatic rings. The topological polar surface area (TPSA) is 50.8 Å². The molecule has 0 unspecified atom stereocenters. The molecule has 0 saturated heterocycles. The summed E-state index contributed by atoms with van der Waals surface area (Å²) in [6.07, 6.45) is -1.42. The molecule has 1 N–H and O–H groups in total. The molecule has 0 saturated carbocycles. The van der Waals surface area contributed by atoms with E-state index in [2.05, 4.69) is 30.9 Å². The van der Waals surface area contributed by atoms with E-state index in [1.807, 2.05) is 12.1 Å². The molecule has 0 atom stereocenters. The van der Waals surface area contributed by atoms with Gasteiger partial charge >= 0.3 is 6.18 Å². The fourth-order valence-electron chi connectivity index (χ4n) is 2.26. The van der Waals surface area contributed by atoms with E-state index in [9.17, 15) is 13.2 Å². The third-order valence-electron chi connectivity index (χ3n) is 3.30. The van der Waals surface area contributed by atoms with Crippen molar-refractivity contribution < 1.29 is 17.9 Å². The van der Waals surface area contributed by atoms with Gasteiger partial charge in [0.25, 0.3) is 0 Å². The minimum atomic E-state index is -4.34. The molecule has 0 aliphatic heterocycles. The van der Waals surface area contributed by atoms with Crippen molar-refractivity contribution in [3.05, 3.63) is 52.4 Å². The number of aromatic nitrogens is 3. The Kier molecular flexibility index (Phi) is 4.75. The number of ether oxygens (including phenoxy) is 1. The average Bonchev–Trinajstić information content (AvgIpc) is 2.93. The number of benzene rings is 1. The summed E-state index contributed by atoms with van der Waals surface area (Å²) in [5.74, 6) is 0.984. The maximum atomic E-state index is 12.2. The van der Waals surface area contributed by atoms with E-state index >= 15 is 0 Å². The molecule has 0 spiro atoms. The van der Waals surface area contributed by atoms with Crippen molar-refractivity contribution in [1.29, 1.82) is 0 Å². The predicted molar refractivity (Wildman–Crippen MR) is 87.0 cm³/mol. The van der Waals surface area contributed by atoms with Crippen LogP contribution in [0.25, 0.3) is 11.2 Å². The first-order chi connectivity index (χ1) is 11.4. The number of pyridine rings is 1. The van der Waals surface area contributed by atoms with Crippen LogP contribution < -0.4 is 4.74 Å². The van der Waals surface area contributed by atoms with E-state index in [0.717, 1.165) is 21.4 Å². The first kappa shape index (κ1) is 16.8. The van der Waals surface area contributed by atoms with Crippen LogP contribution in [0.15, 0.2) is 41.0 Å². The molecule has 0 fully saturated rings. The molecular formula is C16H13BrF3N3O. The Hall–Kier alpha value is -2.09. The van der Waals surface area contributed by atoms with Crippen LogP contribution in [0.4, 0.5) is 13.2 Å². The van der Waals surface area contributed by atoms with Crippen molar-refractivity contribution in [2.75, 3.05) is 6.61 Å². The number of nitrogens with one attached hydrogen (secondary N) is 1. The lowest BCUT2D eigenvalue weighted by Crippen LogP contribution is -2.19. The van der Waals surface area contributed by atoms with Gasteiger partial charge in [-0.3, -0.25) is 0 Å². The highest BCUT2D eigenvalue weighted by atomic mass is 79.9. The summed E-state index contributed by atoms with van der Waals surface area (Å²) in [5.41, 5.74) is 2.35. The second-order valence-electron chi connectivity index (χ2n) is 5.26. The van der Waals surface area contributed by atoms with Crippen LogP contribution in [0.2, 0.25) is 0 Å². The minimum absolute atomic E-state index is 0.208. The van der Waals surface area contributed by atoms with Gasteiger partial charge in [0.2, 0.25) is 0 Å². The minimum Gasteiger partial charge on any atom is -0.484 e. The van der Waals surface area contributed by atoms with E-state index in [1.165, 1.54) is 6.07 Å². The average molecular weight is 400 g/mol. The normalized spacial score (nSPS) is 11.8. The standard InChI is InChI=1S/C16H13BrF3N3O/c17-11-7-13-15(21-8-11)23-14(22-13)5-4-10-2-1-3-12(6-10)24-9-16(18,19)20/h1-3,6-8H,4-5,9H2,(H,21,22,23). The Morgan fingerprint density at radius 3 is 2.79 bits per heavy atom. The summed E-state index contributed by atoms with van der Waals surface area (Å²) in [5, 5.41) is 0. The number of hydrogen-bond acceptors (Lipinski definition) is 3. The molecule has 0 amide bonds. The summed E-state index contributed by atoms with van der Waals surface area (Å²) in [4.78, 5) is 11.8. The van der Waals surface area contributed by atoms with Crippen molar-refractivity contribution in [1.82, 2.24) is 15.0 Å². The summed E-state index contributed by atoms with van der Waals surface area (Å²) < 4.78 is 42.2. The number of alkyl halides is 3. The monoisotopic (exact) mass is 399 g/mol. The quantitative estimate of drug-likeness (QED) is 0.689. The molecular weight excluding hydrogens is 387 g/mol. The van der Waals surface area contributed by atoms with E-state index < -0.39 is 12.8 Å². The Morgan fingerprint density at radius 2 is 2.00 bits per heavy atom. The number of hydrogen-bond donors (Lipinski definition) is 1. The maximum Gasteiger partial charge on any atom is 0.422 e. The van der Waals surface area contributed by atoms with Gasteiger partial charge < -0.3 is 9.72 Å². The summed E-state index contributed by atoms with van der Waals surface area (Å²) in [6.45, 7) is -1.29. The van der Waals surface area contributed by atoms with Crippen molar-refractivity contribution in [3.63, 3.8) is 0 Å². The number of fused-ring (bicyclic) bond motifs is 1. The molecule has 0 radical (unpaired) electrons. The smallest absolute Gasteiger partial charge is 0.422 e. The fraction of sp³-hybridized carbons (Fsp3) is 0.250. The van der Waals surface area contributed by atoms with Gasteiger partial charge in [-0.2, -0.15) is 13.2 Å². The lowest BCUT2D eigenvalue weighted by atomic mass is 10.1. The lowest BCUT2D eigenvalue weighted by Gasteiger charge is -2.10. The van der Waals surface area contributed by atoms with Crippen molar-refractivity contribution in [2.24, 2.45) is 0 Å². The maximum absolute atomic E-state index is 12.2. The predicted octanol–water partition coefficient (Wildman–Crippen LogP) is 4.45. The first-order valence-corrected chi connectivity index (χ1v) is 7.97. The number of rotatable bonds is 5. The summed E-state index contributed by atoms with van der Waals surface area (Å²) in [7, 11) is 0. The van der Waals surface area contributed by atoms with Gasteiger partial charge in [-0.25, -0.2) is 9.97 Å². The first-order valence-electron chi connectivity index (χ1n) is 7.18. The molecule has 4 nitrogen and oxygen atoms in total. The zero-order valence-electron chi connectivity index (χ0n) is 12.4. The molecule has 1 aromatic carbocycles. The van der Waals surface area contributed by atoms with Gasteiger partial charge in [0.1, 0.15) is 11.6 Å². The van der Waals surface area contributed by atoms with Gasteiger partial charge in [0.15, 0.2) is 12.3 Å². The summed E-state index contributed by atoms with van der Waals surface area (Å²) >= 11 is 3.35. The van der Waals surface area contributed by atoms with Gasteiger partial charge in [-0.1, -0.05) is 12.1 Å². The number of H-pyrrole nitrogens is 1. The molecule has 2 aromatic heterocycles. The van der Waals surface area contributed by atoms with E-state index in [-0.39, 0.29) is 5.75 Å². The molecule has 0 bridgehead atoms. The second-order valence-corrected chi connectivity index (χ2v) is 6.18. The Balaban J connectivity index is 1.65. The summed E-state index contributed by atoms with van der Waals surface area (Å²) in [6, 6.07) is 8.54. The van der Waals surface area contributed by atoms with Crippen LogP contribution in [0.1, 0.15) is 11.4 Å². The zero-order valence-corrected chi connectivity index (χ0v) is 14.0. The van der Waals surface area contributed by atoms with Crippen LogP contribution in [0, 0.1) is 0 Å². The molecule has 3 rings (SSSR count). The molecule has 8 heteroatoms. The molecule has 126 valence electrons. The molecule has 0 aliphatic rings. The van der Waals surface area contributed by atoms with Crippen LogP contribution in [0.5, 0.6) is 5.75 Å². The van der Waals surface area contributed by atoms with Crippen LogP contribution >= 0.6 is 15.9 Å². The molecule has 2 heterocycles. The largest absolute Gasteiger partial charge is 0.484 e. The number of halogens is 4. The number of aryl methyl sites for hydroxylation is 2. The van der Waals surface area contributed by atoms with Crippen molar-refractivity contribution in [2.45, 2.75) is 19.0 Å². The Morgan fingerprint density at radius 1 is 1.17 bits per heavy atom. The zero-order chi connectivity index (χ0) is 17.2. The van der Waals surface area contributed by atoms with E-state index in [1.54, 1.807) is 18.3 Å². The number of nitrogens with zero attached hydrogens (tertiary/aromatic N) is 2. The van der Waals surface area contributed by atoms with Gasteiger partial charge in [0, 0.05) is 17.1 Å². The fourth-order valence-corrected chi connectivity index (χ4v) is 2.59. The van der Waals surface area contributed by atoms with E-state index in [4.69, 9.17) is 4.74 Å². The SMILES string of the molecule is FC(F)(F)COc1cccc(CCc2nc3ncc(Br)cc3[nH]2)c1. The molecule has 24 heavy (non-hydrogen) atoms. The van der Waals surface area contributed by atoms with Gasteiger partial charge in [-0.15, -0.1) is 0 Å². The Labute approximate surface area is 144 Å². The highest BCUT2D eigenvalue weighted by molar-refractivity contribution is 9.10. The number of imidazole rings is 1. The van der Waals surface area contributed by atoms with Gasteiger partial charge in [0.05, 0.1) is 5.52 Å². The highest BCUT2D eigenvalue weighted by Gasteiger charge is 2.28. The highest BCUT2D eigenvalue weighted by Crippen LogP contribution is 2.20. The van der Waals surface area contributed by atoms with Crippen LogP contribution in [-0.2, 0) is 12.8 Å². The van der Waals surface area contributed by atoms with Crippen LogP contribution in [0.3, 0.4) is 0 Å². The number of aromatic amines is 1. The lowest BCUT2D eigenvalue weighted by molar-refractivity contribution is -0.153. The third kappa shape index (κ3) is 4.47. The van der Waals surface area contributed by atoms with Gasteiger partial charge in [-0.05, 0) is 46.1 Å². The Bertz CT molecular complexity index is 848. The van der Waals surface area contributed by atoms with Crippen molar-refractivity contribution in [3.8, 4) is 5.75 Å².